The molecule has 9 heteroatoms. The molecule has 0 radical (unpaired) electrons. The number of nitro groups is 1. The van der Waals surface area contributed by atoms with Gasteiger partial charge in [0.2, 0.25) is 5.91 Å². The maximum Gasteiger partial charge on any atom is 0.269 e. The van der Waals surface area contributed by atoms with Gasteiger partial charge >= 0.3 is 0 Å². The van der Waals surface area contributed by atoms with Crippen LogP contribution in [0.5, 0.6) is 0 Å². The number of hydrogen-bond donors (Lipinski definition) is 1. The fourth-order valence-electron chi connectivity index (χ4n) is 3.01. The third-order valence-corrected chi connectivity index (χ3v) is 4.44. The van der Waals surface area contributed by atoms with E-state index in [4.69, 9.17) is 5.73 Å². The lowest BCUT2D eigenvalue weighted by molar-refractivity contribution is -0.384. The average Bonchev–Trinajstić information content (AvgIpc) is 2.60. The molecule has 1 saturated heterocycles. The molecule has 144 valence electrons. The van der Waals surface area contributed by atoms with Crippen LogP contribution in [0.3, 0.4) is 0 Å². The fourth-order valence-corrected chi connectivity index (χ4v) is 3.01. The minimum atomic E-state index is -0.876. The molecule has 0 saturated carbocycles. The highest BCUT2D eigenvalue weighted by atomic mass is 35.5. The quantitative estimate of drug-likeness (QED) is 0.615. The first kappa shape index (κ1) is 21.9. The molecule has 1 unspecified atom stereocenters. The van der Waals surface area contributed by atoms with Crippen molar-refractivity contribution in [3.63, 3.8) is 0 Å². The maximum absolute atomic E-state index is 12.5. The smallest absolute Gasteiger partial charge is 0.269 e. The van der Waals surface area contributed by atoms with Crippen molar-refractivity contribution in [1.29, 1.82) is 0 Å². The molecule has 0 aliphatic carbocycles. The van der Waals surface area contributed by atoms with Crippen LogP contribution >= 0.6 is 12.4 Å². The molecule has 2 rings (SSSR count). The zero-order chi connectivity index (χ0) is 18.6. The maximum atomic E-state index is 12.5. The summed E-state index contributed by atoms with van der Waals surface area (Å²) in [5, 5.41) is 10.7. The van der Waals surface area contributed by atoms with E-state index >= 15 is 0 Å². The van der Waals surface area contributed by atoms with Gasteiger partial charge in [-0.25, -0.2) is 0 Å². The van der Waals surface area contributed by atoms with Crippen molar-refractivity contribution in [2.45, 2.75) is 32.2 Å². The van der Waals surface area contributed by atoms with Crippen molar-refractivity contribution in [3.05, 3.63) is 39.9 Å². The van der Waals surface area contributed by atoms with Crippen molar-refractivity contribution in [2.75, 3.05) is 26.2 Å². The summed E-state index contributed by atoms with van der Waals surface area (Å²) in [5.41, 5.74) is 5.58. The number of non-ortho nitro benzene ring substituents is 1. The second-order valence-corrected chi connectivity index (χ2v) is 6.56. The van der Waals surface area contributed by atoms with Crippen molar-refractivity contribution in [2.24, 2.45) is 5.73 Å². The SMILES string of the molecule is CCCC(C)(N)C(=O)N1CCN(C(=O)c2ccc([N+](=O)[O-])cc2)CC1.Cl. The Bertz CT molecular complexity index is 655. The van der Waals surface area contributed by atoms with Crippen molar-refractivity contribution in [3.8, 4) is 0 Å². The topological polar surface area (TPSA) is 110 Å². The molecule has 1 aromatic carbocycles. The van der Waals surface area contributed by atoms with Crippen LogP contribution in [-0.2, 0) is 4.79 Å². The minimum absolute atomic E-state index is 0. The Labute approximate surface area is 158 Å². The number of piperazine rings is 1. The summed E-state index contributed by atoms with van der Waals surface area (Å²) in [6.07, 6.45) is 1.45. The van der Waals surface area contributed by atoms with Gasteiger partial charge in [-0.05, 0) is 25.5 Å². The lowest BCUT2D eigenvalue weighted by Crippen LogP contribution is -2.58. The zero-order valence-corrected chi connectivity index (χ0v) is 15.8. The molecule has 1 aromatic rings. The Morgan fingerprint density at radius 1 is 1.15 bits per heavy atom. The first-order valence-electron chi connectivity index (χ1n) is 8.38. The summed E-state index contributed by atoms with van der Waals surface area (Å²) in [4.78, 5) is 38.5. The number of nitrogens with two attached hydrogens (primary N) is 1. The van der Waals surface area contributed by atoms with E-state index in [1.807, 2.05) is 6.92 Å². The summed E-state index contributed by atoms with van der Waals surface area (Å²) in [5.74, 6) is -0.275. The number of carbonyl (C=O) groups excluding carboxylic acids is 2. The minimum Gasteiger partial charge on any atom is -0.338 e. The number of hydrogen-bond acceptors (Lipinski definition) is 5. The first-order chi connectivity index (χ1) is 11.8. The van der Waals surface area contributed by atoms with Crippen LogP contribution in [0.25, 0.3) is 0 Å². The molecule has 1 atom stereocenters. The number of carbonyl (C=O) groups is 2. The molecule has 1 fully saturated rings. The molecular weight excluding hydrogens is 360 g/mol. The predicted molar refractivity (Wildman–Crippen MR) is 100 cm³/mol. The van der Waals surface area contributed by atoms with E-state index in [1.165, 1.54) is 24.3 Å². The number of nitro benzene ring substituents is 1. The van der Waals surface area contributed by atoms with E-state index in [9.17, 15) is 19.7 Å². The molecule has 8 nitrogen and oxygen atoms in total. The van der Waals surface area contributed by atoms with Gasteiger partial charge in [-0.1, -0.05) is 13.3 Å². The molecule has 0 bridgehead atoms. The molecule has 1 aliphatic heterocycles. The van der Waals surface area contributed by atoms with Crippen LogP contribution in [0.4, 0.5) is 5.69 Å². The van der Waals surface area contributed by atoms with Gasteiger partial charge in [0.15, 0.2) is 0 Å². The van der Waals surface area contributed by atoms with E-state index in [2.05, 4.69) is 0 Å². The number of halogens is 1. The van der Waals surface area contributed by atoms with Crippen LogP contribution in [-0.4, -0.2) is 58.3 Å². The fraction of sp³-hybridized carbons (Fsp3) is 0.529. The van der Waals surface area contributed by atoms with Gasteiger partial charge in [-0.3, -0.25) is 19.7 Å². The molecule has 0 spiro atoms. The Hall–Kier alpha value is -2.19. The van der Waals surface area contributed by atoms with Crippen LogP contribution in [0.15, 0.2) is 24.3 Å². The molecule has 1 heterocycles. The Kier molecular flexibility index (Phi) is 7.53. The van der Waals surface area contributed by atoms with Gasteiger partial charge in [-0.2, -0.15) is 0 Å². The highest BCUT2D eigenvalue weighted by Crippen LogP contribution is 2.17. The van der Waals surface area contributed by atoms with Gasteiger partial charge in [0.25, 0.3) is 11.6 Å². The predicted octanol–water partition coefficient (Wildman–Crippen LogP) is 1.82. The van der Waals surface area contributed by atoms with Gasteiger partial charge in [0.05, 0.1) is 10.5 Å². The third-order valence-electron chi connectivity index (χ3n) is 4.44. The molecular formula is C17H25ClN4O4. The van der Waals surface area contributed by atoms with E-state index in [-0.39, 0.29) is 29.9 Å². The lowest BCUT2D eigenvalue weighted by Gasteiger charge is -2.38. The summed E-state index contributed by atoms with van der Waals surface area (Å²) in [7, 11) is 0. The first-order valence-corrected chi connectivity index (χ1v) is 8.38. The standard InChI is InChI=1S/C17H24N4O4.ClH/c1-3-8-17(2,18)16(23)20-11-9-19(10-12-20)15(22)13-4-6-14(7-5-13)21(24)25;/h4-7H,3,8-12,18H2,1-2H3;1H. The highest BCUT2D eigenvalue weighted by molar-refractivity contribution is 5.94. The van der Waals surface area contributed by atoms with E-state index < -0.39 is 10.5 Å². The molecule has 1 aliphatic rings. The summed E-state index contributed by atoms with van der Waals surface area (Å²) >= 11 is 0. The normalized spacial score (nSPS) is 16.4. The highest BCUT2D eigenvalue weighted by Gasteiger charge is 2.34. The van der Waals surface area contributed by atoms with E-state index in [1.54, 1.807) is 16.7 Å². The Balaban J connectivity index is 0.00000338. The van der Waals surface area contributed by atoms with Gasteiger partial charge < -0.3 is 15.5 Å². The van der Waals surface area contributed by atoms with Crippen LogP contribution in [0.2, 0.25) is 0 Å². The number of rotatable bonds is 5. The van der Waals surface area contributed by atoms with Crippen molar-refractivity contribution >= 4 is 29.9 Å². The second-order valence-electron chi connectivity index (χ2n) is 6.56. The second kappa shape index (κ2) is 8.95. The zero-order valence-electron chi connectivity index (χ0n) is 15.0. The molecule has 2 N–H and O–H groups in total. The van der Waals surface area contributed by atoms with Gasteiger partial charge in [0.1, 0.15) is 0 Å². The van der Waals surface area contributed by atoms with Crippen LogP contribution in [0.1, 0.15) is 37.0 Å². The number of amides is 2. The third kappa shape index (κ3) is 4.92. The van der Waals surface area contributed by atoms with Crippen LogP contribution < -0.4 is 5.73 Å². The molecule has 26 heavy (non-hydrogen) atoms. The largest absolute Gasteiger partial charge is 0.338 e. The molecule has 0 aromatic heterocycles. The van der Waals surface area contributed by atoms with Gasteiger partial charge in [0, 0.05) is 43.9 Å². The van der Waals surface area contributed by atoms with Crippen molar-refractivity contribution in [1.82, 2.24) is 9.80 Å². The Morgan fingerprint density at radius 2 is 1.65 bits per heavy atom. The summed E-state index contributed by atoms with van der Waals surface area (Å²) in [6.45, 7) is 5.45. The number of nitrogens with zero attached hydrogens (tertiary/aromatic N) is 3. The van der Waals surface area contributed by atoms with Gasteiger partial charge in [-0.15, -0.1) is 12.4 Å². The van der Waals surface area contributed by atoms with E-state index in [0.29, 0.717) is 38.2 Å². The van der Waals surface area contributed by atoms with Crippen LogP contribution in [0, 0.1) is 10.1 Å². The average molecular weight is 385 g/mol. The summed E-state index contributed by atoms with van der Waals surface area (Å²) < 4.78 is 0. The number of benzene rings is 1. The van der Waals surface area contributed by atoms with E-state index in [0.717, 1.165) is 6.42 Å². The lowest BCUT2D eigenvalue weighted by atomic mass is 9.95. The molecule has 2 amide bonds. The Morgan fingerprint density at radius 3 is 2.12 bits per heavy atom. The summed E-state index contributed by atoms with van der Waals surface area (Å²) in [6, 6.07) is 5.54. The monoisotopic (exact) mass is 384 g/mol. The van der Waals surface area contributed by atoms with Crippen molar-refractivity contribution < 1.29 is 14.5 Å².